The van der Waals surface area contributed by atoms with Crippen LogP contribution in [0.1, 0.15) is 19.4 Å². The van der Waals surface area contributed by atoms with E-state index in [-0.39, 0.29) is 19.1 Å². The fourth-order valence-corrected chi connectivity index (χ4v) is 2.83. The standard InChI is InChI=1S/C20H22FIN2O3/c1-3-23-20(26)14(2)24(12-15-6-4-5-7-18(15)21)19(25)13-27-17-10-8-16(22)9-11-17/h4-11,14H,3,12-13H2,1-2H3,(H,23,26)/t14-/m1/s1. The zero-order chi connectivity index (χ0) is 19.8. The molecule has 0 radical (unpaired) electrons. The van der Waals surface area contributed by atoms with Gasteiger partial charge in [0.2, 0.25) is 5.91 Å². The number of rotatable bonds is 8. The van der Waals surface area contributed by atoms with Crippen LogP contribution in [0.2, 0.25) is 0 Å². The molecule has 2 amide bonds. The van der Waals surface area contributed by atoms with Crippen LogP contribution >= 0.6 is 22.6 Å². The van der Waals surface area contributed by atoms with E-state index in [1.807, 2.05) is 12.1 Å². The zero-order valence-corrected chi connectivity index (χ0v) is 17.4. The van der Waals surface area contributed by atoms with Crippen molar-refractivity contribution in [3.05, 3.63) is 63.5 Å². The molecule has 144 valence electrons. The van der Waals surface area contributed by atoms with Crippen LogP contribution < -0.4 is 10.1 Å². The Kier molecular flexibility index (Phi) is 8.02. The second-order valence-corrected chi connectivity index (χ2v) is 7.17. The summed E-state index contributed by atoms with van der Waals surface area (Å²) in [5, 5.41) is 2.69. The van der Waals surface area contributed by atoms with Gasteiger partial charge in [-0.3, -0.25) is 9.59 Å². The molecule has 0 heterocycles. The normalized spacial score (nSPS) is 11.6. The minimum Gasteiger partial charge on any atom is -0.484 e. The highest BCUT2D eigenvalue weighted by molar-refractivity contribution is 14.1. The van der Waals surface area contributed by atoms with Crippen LogP contribution in [0, 0.1) is 9.39 Å². The molecule has 7 heteroatoms. The van der Waals surface area contributed by atoms with E-state index in [0.717, 1.165) is 3.57 Å². The predicted molar refractivity (Wildman–Crippen MR) is 110 cm³/mol. The molecule has 0 aromatic heterocycles. The molecular weight excluding hydrogens is 462 g/mol. The second-order valence-electron chi connectivity index (χ2n) is 5.93. The number of likely N-dealkylation sites (N-methyl/N-ethyl adjacent to an activating group) is 1. The molecular formula is C20H22FIN2O3. The maximum Gasteiger partial charge on any atom is 0.261 e. The average molecular weight is 484 g/mol. The Morgan fingerprint density at radius 1 is 1.19 bits per heavy atom. The Labute approximate surface area is 172 Å². The lowest BCUT2D eigenvalue weighted by atomic mass is 10.1. The molecule has 0 aliphatic rings. The van der Waals surface area contributed by atoms with Crippen molar-refractivity contribution in [1.29, 1.82) is 0 Å². The number of benzene rings is 2. The minimum atomic E-state index is -0.752. The minimum absolute atomic E-state index is 0.0140. The third-order valence-corrected chi connectivity index (χ3v) is 4.71. The molecule has 2 aromatic rings. The first-order valence-electron chi connectivity index (χ1n) is 8.61. The second kappa shape index (κ2) is 10.2. The van der Waals surface area contributed by atoms with Crippen molar-refractivity contribution in [1.82, 2.24) is 10.2 Å². The van der Waals surface area contributed by atoms with Crippen molar-refractivity contribution in [3.63, 3.8) is 0 Å². The van der Waals surface area contributed by atoms with Crippen molar-refractivity contribution < 1.29 is 18.7 Å². The Morgan fingerprint density at radius 3 is 2.48 bits per heavy atom. The molecule has 1 N–H and O–H groups in total. The van der Waals surface area contributed by atoms with Gasteiger partial charge in [-0.15, -0.1) is 0 Å². The lowest BCUT2D eigenvalue weighted by Gasteiger charge is -2.28. The average Bonchev–Trinajstić information content (AvgIpc) is 2.66. The first-order chi connectivity index (χ1) is 12.9. The molecule has 1 atom stereocenters. The smallest absolute Gasteiger partial charge is 0.261 e. The van der Waals surface area contributed by atoms with Crippen LogP contribution in [0.15, 0.2) is 48.5 Å². The maximum absolute atomic E-state index is 14.0. The SMILES string of the molecule is CCNC(=O)[C@@H](C)N(Cc1ccccc1F)C(=O)COc1ccc(I)cc1. The largest absolute Gasteiger partial charge is 0.484 e. The fraction of sp³-hybridized carbons (Fsp3) is 0.300. The number of carbonyl (C=O) groups is 2. The van der Waals surface area contributed by atoms with Crippen LogP contribution in [-0.4, -0.2) is 35.9 Å². The van der Waals surface area contributed by atoms with Gasteiger partial charge in [0.15, 0.2) is 6.61 Å². The van der Waals surface area contributed by atoms with Gasteiger partial charge in [-0.2, -0.15) is 0 Å². The number of nitrogens with zero attached hydrogens (tertiary/aromatic N) is 1. The molecule has 0 saturated carbocycles. The summed E-state index contributed by atoms with van der Waals surface area (Å²) in [4.78, 5) is 26.3. The molecule has 0 unspecified atom stereocenters. The van der Waals surface area contributed by atoms with Crippen LogP contribution in [0.4, 0.5) is 4.39 Å². The number of ether oxygens (including phenoxy) is 1. The summed E-state index contributed by atoms with van der Waals surface area (Å²) < 4.78 is 20.6. The van der Waals surface area contributed by atoms with Crippen molar-refractivity contribution in [2.75, 3.05) is 13.2 Å². The van der Waals surface area contributed by atoms with Crippen LogP contribution in [0.25, 0.3) is 0 Å². The van der Waals surface area contributed by atoms with E-state index in [1.165, 1.54) is 11.0 Å². The van der Waals surface area contributed by atoms with Gasteiger partial charge in [0.1, 0.15) is 17.6 Å². The van der Waals surface area contributed by atoms with Gasteiger partial charge in [0, 0.05) is 22.2 Å². The van der Waals surface area contributed by atoms with E-state index >= 15 is 0 Å². The molecule has 0 spiro atoms. The molecule has 0 aliphatic heterocycles. The van der Waals surface area contributed by atoms with E-state index in [1.54, 1.807) is 44.2 Å². The van der Waals surface area contributed by atoms with Crippen molar-refractivity contribution in [2.45, 2.75) is 26.4 Å². The number of nitrogens with one attached hydrogen (secondary N) is 1. The van der Waals surface area contributed by atoms with Crippen molar-refractivity contribution in [3.8, 4) is 5.75 Å². The summed E-state index contributed by atoms with van der Waals surface area (Å²) in [5.74, 6) is -0.552. The number of amides is 2. The van der Waals surface area contributed by atoms with E-state index in [4.69, 9.17) is 4.74 Å². The highest BCUT2D eigenvalue weighted by atomic mass is 127. The summed E-state index contributed by atoms with van der Waals surface area (Å²) >= 11 is 2.18. The summed E-state index contributed by atoms with van der Waals surface area (Å²) in [6.45, 7) is 3.62. The van der Waals surface area contributed by atoms with Gasteiger partial charge in [-0.05, 0) is 66.8 Å². The van der Waals surface area contributed by atoms with E-state index in [0.29, 0.717) is 17.9 Å². The Bertz CT molecular complexity index is 783. The van der Waals surface area contributed by atoms with Gasteiger partial charge in [0.05, 0.1) is 0 Å². The van der Waals surface area contributed by atoms with E-state index < -0.39 is 17.8 Å². The number of hydrogen-bond donors (Lipinski definition) is 1. The van der Waals surface area contributed by atoms with Gasteiger partial charge in [-0.25, -0.2) is 4.39 Å². The van der Waals surface area contributed by atoms with Crippen LogP contribution in [-0.2, 0) is 16.1 Å². The first kappa shape index (κ1) is 21.1. The quantitative estimate of drug-likeness (QED) is 0.585. The summed E-state index contributed by atoms with van der Waals surface area (Å²) in [6.07, 6.45) is 0. The van der Waals surface area contributed by atoms with E-state index in [9.17, 15) is 14.0 Å². The van der Waals surface area contributed by atoms with Gasteiger partial charge < -0.3 is 15.0 Å². The lowest BCUT2D eigenvalue weighted by molar-refractivity contribution is -0.142. The Morgan fingerprint density at radius 2 is 1.85 bits per heavy atom. The number of halogens is 2. The summed E-state index contributed by atoms with van der Waals surface area (Å²) in [6, 6.07) is 12.7. The Hall–Kier alpha value is -2.16. The highest BCUT2D eigenvalue weighted by Crippen LogP contribution is 2.16. The topological polar surface area (TPSA) is 58.6 Å². The molecule has 5 nitrogen and oxygen atoms in total. The third-order valence-electron chi connectivity index (χ3n) is 3.99. The number of hydrogen-bond acceptors (Lipinski definition) is 3. The first-order valence-corrected chi connectivity index (χ1v) is 9.69. The lowest BCUT2D eigenvalue weighted by Crippen LogP contribution is -2.49. The predicted octanol–water partition coefficient (Wildman–Crippen LogP) is 3.36. The molecule has 0 fully saturated rings. The molecule has 2 rings (SSSR count). The van der Waals surface area contributed by atoms with E-state index in [2.05, 4.69) is 27.9 Å². The van der Waals surface area contributed by atoms with Crippen molar-refractivity contribution in [2.24, 2.45) is 0 Å². The maximum atomic E-state index is 14.0. The molecule has 0 aliphatic carbocycles. The van der Waals surface area contributed by atoms with Crippen LogP contribution in [0.3, 0.4) is 0 Å². The molecule has 0 bridgehead atoms. The zero-order valence-electron chi connectivity index (χ0n) is 15.2. The van der Waals surface area contributed by atoms with Gasteiger partial charge in [-0.1, -0.05) is 18.2 Å². The monoisotopic (exact) mass is 484 g/mol. The van der Waals surface area contributed by atoms with Gasteiger partial charge in [0.25, 0.3) is 5.91 Å². The van der Waals surface area contributed by atoms with Gasteiger partial charge >= 0.3 is 0 Å². The molecule has 2 aromatic carbocycles. The fourth-order valence-electron chi connectivity index (χ4n) is 2.47. The summed E-state index contributed by atoms with van der Waals surface area (Å²) in [7, 11) is 0. The Balaban J connectivity index is 2.14. The third kappa shape index (κ3) is 6.20. The van der Waals surface area contributed by atoms with Crippen molar-refractivity contribution >= 4 is 34.4 Å². The number of carbonyl (C=O) groups excluding carboxylic acids is 2. The highest BCUT2D eigenvalue weighted by Gasteiger charge is 2.26. The van der Waals surface area contributed by atoms with Crippen LogP contribution in [0.5, 0.6) is 5.75 Å². The summed E-state index contributed by atoms with van der Waals surface area (Å²) in [5.41, 5.74) is 0.344. The molecule has 0 saturated heterocycles. The molecule has 27 heavy (non-hydrogen) atoms.